The number of nitrogens with zero attached hydrogens (tertiary/aromatic N) is 1. The lowest BCUT2D eigenvalue weighted by Gasteiger charge is -2.18. The number of unbranched alkanes of at least 4 members (excludes halogenated alkanes) is 1. The predicted octanol–water partition coefficient (Wildman–Crippen LogP) is 4.70. The number of hydrogen-bond acceptors (Lipinski definition) is 6. The van der Waals surface area contributed by atoms with Gasteiger partial charge < -0.3 is 14.8 Å². The number of aromatic nitrogens is 1. The fourth-order valence-electron chi connectivity index (χ4n) is 3.02. The van der Waals surface area contributed by atoms with Gasteiger partial charge in [0.1, 0.15) is 13.2 Å². The number of hydrogen-bond donors (Lipinski definition) is 1. The van der Waals surface area contributed by atoms with Gasteiger partial charge in [-0.3, -0.25) is 4.79 Å². The Kier molecular flexibility index (Phi) is 5.92. The fourth-order valence-corrected chi connectivity index (χ4v) is 4.76. The summed E-state index contributed by atoms with van der Waals surface area (Å²) < 4.78 is 11.2. The minimum Gasteiger partial charge on any atom is -0.486 e. The van der Waals surface area contributed by atoms with Crippen LogP contribution in [-0.2, 0) is 6.42 Å². The van der Waals surface area contributed by atoms with E-state index in [-0.39, 0.29) is 5.91 Å². The van der Waals surface area contributed by atoms with Crippen LogP contribution in [0.15, 0.2) is 35.7 Å². The maximum absolute atomic E-state index is 12.4. The molecular formula is C21H22N2O3S2. The number of carbonyl (C=O) groups excluding carboxylic acids is 1. The van der Waals surface area contributed by atoms with Crippen LogP contribution in [0.5, 0.6) is 11.5 Å². The molecule has 4 rings (SSSR count). The molecule has 28 heavy (non-hydrogen) atoms. The van der Waals surface area contributed by atoms with Gasteiger partial charge in [-0.1, -0.05) is 0 Å². The molecule has 1 aliphatic heterocycles. The highest BCUT2D eigenvalue weighted by Gasteiger charge is 2.15. The molecule has 0 saturated heterocycles. The number of benzene rings is 1. The number of rotatable bonds is 7. The monoisotopic (exact) mass is 414 g/mol. The van der Waals surface area contributed by atoms with E-state index in [1.165, 1.54) is 16.3 Å². The topological polar surface area (TPSA) is 60.5 Å². The highest BCUT2D eigenvalue weighted by atomic mass is 32.1. The molecule has 0 fully saturated rings. The lowest BCUT2D eigenvalue weighted by atomic mass is 10.1. The molecule has 3 aromatic rings. The number of nitrogens with one attached hydrogen (secondary N) is 1. The maximum Gasteiger partial charge on any atom is 0.261 e. The van der Waals surface area contributed by atoms with E-state index in [4.69, 9.17) is 9.47 Å². The smallest absolute Gasteiger partial charge is 0.261 e. The third-order valence-electron chi connectivity index (χ3n) is 4.43. The van der Waals surface area contributed by atoms with Crippen LogP contribution in [-0.4, -0.2) is 30.6 Å². The van der Waals surface area contributed by atoms with E-state index in [1.807, 2.05) is 37.3 Å². The summed E-state index contributed by atoms with van der Waals surface area (Å²) in [4.78, 5) is 18.6. The Morgan fingerprint density at radius 2 is 2.00 bits per heavy atom. The van der Waals surface area contributed by atoms with Crippen LogP contribution >= 0.6 is 22.7 Å². The normalized spacial score (nSPS) is 12.8. The second-order valence-corrected chi connectivity index (χ2v) is 8.64. The van der Waals surface area contributed by atoms with Crippen molar-refractivity contribution in [1.29, 1.82) is 0 Å². The summed E-state index contributed by atoms with van der Waals surface area (Å²) in [6.07, 6.45) is 2.95. The first kappa shape index (κ1) is 19.0. The van der Waals surface area contributed by atoms with Crippen molar-refractivity contribution < 1.29 is 14.3 Å². The zero-order chi connectivity index (χ0) is 19.3. The molecule has 0 bridgehead atoms. The molecule has 1 aromatic carbocycles. The van der Waals surface area contributed by atoms with E-state index in [0.29, 0.717) is 19.8 Å². The second-order valence-electron chi connectivity index (χ2n) is 6.62. The zero-order valence-electron chi connectivity index (χ0n) is 15.7. The first-order chi connectivity index (χ1) is 13.7. The Morgan fingerprint density at radius 1 is 1.14 bits per heavy atom. The summed E-state index contributed by atoms with van der Waals surface area (Å²) in [5.74, 6) is 1.52. The van der Waals surface area contributed by atoms with Crippen LogP contribution in [0, 0.1) is 6.92 Å². The first-order valence-electron chi connectivity index (χ1n) is 9.38. The Morgan fingerprint density at radius 3 is 2.82 bits per heavy atom. The number of aryl methyl sites for hydroxylation is 2. The minimum atomic E-state index is -0.0149. The fraction of sp³-hybridized carbons (Fsp3) is 0.333. The third-order valence-corrected chi connectivity index (χ3v) is 6.59. The molecule has 146 valence electrons. The quantitative estimate of drug-likeness (QED) is 0.569. The Bertz CT molecular complexity index is 964. The van der Waals surface area contributed by atoms with Crippen LogP contribution < -0.4 is 14.8 Å². The van der Waals surface area contributed by atoms with Gasteiger partial charge in [-0.15, -0.1) is 22.7 Å². The van der Waals surface area contributed by atoms with Gasteiger partial charge in [0.2, 0.25) is 0 Å². The standard InChI is InChI=1S/C21H22N2O3S2/c1-14-13-27-20(23-14)4-2-3-9-22-21(24)19-8-7-18(28-19)15-5-6-16-17(12-15)26-11-10-25-16/h5-8,12-13H,2-4,9-11H2,1H3,(H,22,24). The van der Waals surface area contributed by atoms with Crippen LogP contribution in [0.1, 0.15) is 33.2 Å². The lowest BCUT2D eigenvalue weighted by Crippen LogP contribution is -2.23. The lowest BCUT2D eigenvalue weighted by molar-refractivity contribution is 0.0957. The van der Waals surface area contributed by atoms with Crippen LogP contribution in [0.3, 0.4) is 0 Å². The van der Waals surface area contributed by atoms with Crippen molar-refractivity contribution in [3.8, 4) is 21.9 Å². The van der Waals surface area contributed by atoms with E-state index >= 15 is 0 Å². The molecule has 2 aromatic heterocycles. The van der Waals surface area contributed by atoms with Crippen molar-refractivity contribution in [2.24, 2.45) is 0 Å². The molecule has 0 spiro atoms. The third kappa shape index (κ3) is 4.54. The highest BCUT2D eigenvalue weighted by molar-refractivity contribution is 7.17. The summed E-state index contributed by atoms with van der Waals surface area (Å²) in [6.45, 7) is 3.84. The molecular weight excluding hydrogens is 392 g/mol. The molecule has 0 unspecified atom stereocenters. The molecule has 0 saturated carbocycles. The number of carbonyl (C=O) groups is 1. The average Bonchev–Trinajstić information content (AvgIpc) is 3.36. The number of ether oxygens (including phenoxy) is 2. The molecule has 0 radical (unpaired) electrons. The van der Waals surface area contributed by atoms with Crippen LogP contribution in [0.2, 0.25) is 0 Å². The average molecular weight is 415 g/mol. The molecule has 0 atom stereocenters. The van der Waals surface area contributed by atoms with E-state index in [0.717, 1.165) is 51.8 Å². The van der Waals surface area contributed by atoms with Gasteiger partial charge in [0.05, 0.1) is 9.88 Å². The van der Waals surface area contributed by atoms with Gasteiger partial charge in [-0.05, 0) is 62.1 Å². The van der Waals surface area contributed by atoms with E-state index in [1.54, 1.807) is 11.3 Å². The Balaban J connectivity index is 1.28. The van der Waals surface area contributed by atoms with Gasteiger partial charge in [0, 0.05) is 22.5 Å². The molecule has 1 aliphatic rings. The van der Waals surface area contributed by atoms with Gasteiger partial charge in [-0.25, -0.2) is 4.98 Å². The van der Waals surface area contributed by atoms with E-state index in [2.05, 4.69) is 15.7 Å². The van der Waals surface area contributed by atoms with Gasteiger partial charge in [0.15, 0.2) is 11.5 Å². The molecule has 0 aliphatic carbocycles. The number of amides is 1. The van der Waals surface area contributed by atoms with E-state index < -0.39 is 0 Å². The van der Waals surface area contributed by atoms with Crippen molar-refractivity contribution in [2.75, 3.05) is 19.8 Å². The molecule has 3 heterocycles. The Labute approximate surface area is 172 Å². The van der Waals surface area contributed by atoms with Crippen LogP contribution in [0.4, 0.5) is 0 Å². The molecule has 1 N–H and O–H groups in total. The van der Waals surface area contributed by atoms with Crippen molar-refractivity contribution in [3.63, 3.8) is 0 Å². The maximum atomic E-state index is 12.4. The summed E-state index contributed by atoms with van der Waals surface area (Å²) >= 11 is 3.20. The van der Waals surface area contributed by atoms with Gasteiger partial charge >= 0.3 is 0 Å². The van der Waals surface area contributed by atoms with Gasteiger partial charge in [-0.2, -0.15) is 0 Å². The predicted molar refractivity (Wildman–Crippen MR) is 113 cm³/mol. The number of thiazole rings is 1. The van der Waals surface area contributed by atoms with Crippen molar-refractivity contribution >= 4 is 28.6 Å². The van der Waals surface area contributed by atoms with Crippen molar-refractivity contribution in [1.82, 2.24) is 10.3 Å². The highest BCUT2D eigenvalue weighted by Crippen LogP contribution is 2.36. The number of fused-ring (bicyclic) bond motifs is 1. The Hall–Kier alpha value is -2.38. The summed E-state index contributed by atoms with van der Waals surface area (Å²) in [5.41, 5.74) is 2.12. The first-order valence-corrected chi connectivity index (χ1v) is 11.1. The van der Waals surface area contributed by atoms with Crippen molar-refractivity contribution in [3.05, 3.63) is 51.3 Å². The van der Waals surface area contributed by atoms with Crippen molar-refractivity contribution in [2.45, 2.75) is 26.2 Å². The second kappa shape index (κ2) is 8.75. The summed E-state index contributed by atoms with van der Waals surface area (Å²) in [5, 5.41) is 6.26. The summed E-state index contributed by atoms with van der Waals surface area (Å²) in [7, 11) is 0. The SMILES string of the molecule is Cc1csc(CCCCNC(=O)c2ccc(-c3ccc4c(c3)OCCO4)s2)n1. The number of thiophene rings is 1. The molecule has 7 heteroatoms. The largest absolute Gasteiger partial charge is 0.486 e. The minimum absolute atomic E-state index is 0.0149. The summed E-state index contributed by atoms with van der Waals surface area (Å²) in [6, 6.07) is 9.76. The van der Waals surface area contributed by atoms with Gasteiger partial charge in [0.25, 0.3) is 5.91 Å². The zero-order valence-corrected chi connectivity index (χ0v) is 17.3. The van der Waals surface area contributed by atoms with Crippen LogP contribution in [0.25, 0.3) is 10.4 Å². The molecule has 1 amide bonds. The molecule has 5 nitrogen and oxygen atoms in total. The van der Waals surface area contributed by atoms with E-state index in [9.17, 15) is 4.79 Å².